The molecule has 0 saturated heterocycles. The third-order valence-corrected chi connectivity index (χ3v) is 2.79. The summed E-state index contributed by atoms with van der Waals surface area (Å²) < 4.78 is 0. The SMILES string of the molecule is C=CC(NCCC)C1CCCC1. The van der Waals surface area contributed by atoms with Gasteiger partial charge in [0, 0.05) is 6.04 Å². The molecule has 1 rings (SSSR count). The molecule has 0 spiro atoms. The van der Waals surface area contributed by atoms with Gasteiger partial charge in [-0.3, -0.25) is 0 Å². The lowest BCUT2D eigenvalue weighted by atomic mass is 9.98. The number of hydrogen-bond acceptors (Lipinski definition) is 1. The Balaban J connectivity index is 2.27. The standard InChI is InChI=1S/C11H21N/c1-3-9-12-11(4-2)10-7-5-6-8-10/h4,10-12H,2-3,5-9H2,1H3. The van der Waals surface area contributed by atoms with Crippen molar-refractivity contribution in [1.29, 1.82) is 0 Å². The molecule has 1 saturated carbocycles. The molecular formula is C11H21N. The normalized spacial score (nSPS) is 21.1. The Morgan fingerprint density at radius 2 is 2.17 bits per heavy atom. The van der Waals surface area contributed by atoms with E-state index in [4.69, 9.17) is 0 Å². The van der Waals surface area contributed by atoms with Crippen LogP contribution < -0.4 is 5.32 Å². The molecule has 1 heteroatoms. The predicted molar refractivity (Wildman–Crippen MR) is 54.2 cm³/mol. The molecule has 1 fully saturated rings. The number of hydrogen-bond donors (Lipinski definition) is 1. The first kappa shape index (κ1) is 9.79. The summed E-state index contributed by atoms with van der Waals surface area (Å²) in [5, 5.41) is 3.54. The number of nitrogens with one attached hydrogen (secondary N) is 1. The minimum Gasteiger partial charge on any atom is -0.310 e. The molecule has 0 aromatic carbocycles. The molecule has 0 heterocycles. The summed E-state index contributed by atoms with van der Waals surface area (Å²) in [5.41, 5.74) is 0. The average molecular weight is 167 g/mol. The highest BCUT2D eigenvalue weighted by Gasteiger charge is 2.21. The summed E-state index contributed by atoms with van der Waals surface area (Å²) in [5.74, 6) is 0.869. The zero-order chi connectivity index (χ0) is 8.81. The highest BCUT2D eigenvalue weighted by atomic mass is 14.9. The van der Waals surface area contributed by atoms with E-state index in [0.717, 1.165) is 12.5 Å². The summed E-state index contributed by atoms with van der Waals surface area (Å²) in [4.78, 5) is 0. The summed E-state index contributed by atoms with van der Waals surface area (Å²) >= 11 is 0. The Bertz CT molecular complexity index is 125. The third-order valence-electron chi connectivity index (χ3n) is 2.79. The molecule has 0 aliphatic heterocycles. The second kappa shape index (κ2) is 5.36. The fraction of sp³-hybridized carbons (Fsp3) is 0.818. The first-order chi connectivity index (χ1) is 5.88. The van der Waals surface area contributed by atoms with Gasteiger partial charge in [-0.25, -0.2) is 0 Å². The van der Waals surface area contributed by atoms with Crippen molar-refractivity contribution in [1.82, 2.24) is 5.32 Å². The molecule has 12 heavy (non-hydrogen) atoms. The van der Waals surface area contributed by atoms with E-state index in [9.17, 15) is 0 Å². The zero-order valence-corrected chi connectivity index (χ0v) is 8.18. The van der Waals surface area contributed by atoms with Crippen LogP contribution in [0.15, 0.2) is 12.7 Å². The van der Waals surface area contributed by atoms with E-state index in [1.807, 2.05) is 0 Å². The second-order valence-corrected chi connectivity index (χ2v) is 3.76. The van der Waals surface area contributed by atoms with Gasteiger partial charge in [0.05, 0.1) is 0 Å². The predicted octanol–water partition coefficient (Wildman–Crippen LogP) is 2.73. The Hall–Kier alpha value is -0.300. The maximum absolute atomic E-state index is 3.90. The Labute approximate surface area is 76.2 Å². The van der Waals surface area contributed by atoms with E-state index in [1.54, 1.807) is 0 Å². The lowest BCUT2D eigenvalue weighted by Crippen LogP contribution is -2.33. The third kappa shape index (κ3) is 2.63. The van der Waals surface area contributed by atoms with E-state index < -0.39 is 0 Å². The van der Waals surface area contributed by atoms with E-state index in [1.165, 1.54) is 32.1 Å². The summed E-state index contributed by atoms with van der Waals surface area (Å²) in [6, 6.07) is 0.576. The van der Waals surface area contributed by atoms with E-state index in [-0.39, 0.29) is 0 Å². The van der Waals surface area contributed by atoms with Crippen LogP contribution in [0, 0.1) is 5.92 Å². The molecule has 70 valence electrons. The van der Waals surface area contributed by atoms with Crippen LogP contribution in [-0.4, -0.2) is 12.6 Å². The molecule has 0 radical (unpaired) electrons. The van der Waals surface area contributed by atoms with Crippen LogP contribution in [0.2, 0.25) is 0 Å². The van der Waals surface area contributed by atoms with Crippen molar-refractivity contribution >= 4 is 0 Å². The Kier molecular flexibility index (Phi) is 4.37. The van der Waals surface area contributed by atoms with Crippen molar-refractivity contribution < 1.29 is 0 Å². The van der Waals surface area contributed by atoms with E-state index >= 15 is 0 Å². The van der Waals surface area contributed by atoms with Gasteiger partial charge in [0.25, 0.3) is 0 Å². The van der Waals surface area contributed by atoms with Gasteiger partial charge in [-0.2, -0.15) is 0 Å². The van der Waals surface area contributed by atoms with E-state index in [2.05, 4.69) is 24.9 Å². The van der Waals surface area contributed by atoms with Gasteiger partial charge in [-0.05, 0) is 31.7 Å². The van der Waals surface area contributed by atoms with Crippen molar-refractivity contribution in [2.75, 3.05) is 6.54 Å². The maximum atomic E-state index is 3.90. The topological polar surface area (TPSA) is 12.0 Å². The van der Waals surface area contributed by atoms with Crippen LogP contribution in [-0.2, 0) is 0 Å². The summed E-state index contributed by atoms with van der Waals surface area (Å²) in [6.45, 7) is 7.24. The highest BCUT2D eigenvalue weighted by molar-refractivity contribution is 4.92. The summed E-state index contributed by atoms with van der Waals surface area (Å²) in [7, 11) is 0. The Morgan fingerprint density at radius 1 is 1.50 bits per heavy atom. The molecule has 0 aromatic heterocycles. The fourth-order valence-electron chi connectivity index (χ4n) is 2.07. The molecule has 1 aliphatic carbocycles. The molecule has 1 nitrogen and oxygen atoms in total. The van der Waals surface area contributed by atoms with Crippen LogP contribution in [0.25, 0.3) is 0 Å². The molecule has 1 N–H and O–H groups in total. The van der Waals surface area contributed by atoms with Gasteiger partial charge in [0.15, 0.2) is 0 Å². The van der Waals surface area contributed by atoms with Gasteiger partial charge in [-0.1, -0.05) is 25.8 Å². The van der Waals surface area contributed by atoms with Crippen molar-refractivity contribution in [2.45, 2.75) is 45.1 Å². The second-order valence-electron chi connectivity index (χ2n) is 3.76. The van der Waals surface area contributed by atoms with E-state index in [0.29, 0.717) is 6.04 Å². The fourth-order valence-corrected chi connectivity index (χ4v) is 2.07. The van der Waals surface area contributed by atoms with Crippen molar-refractivity contribution in [2.24, 2.45) is 5.92 Å². The monoisotopic (exact) mass is 167 g/mol. The molecular weight excluding hydrogens is 146 g/mol. The van der Waals surface area contributed by atoms with Crippen LogP contribution in [0.3, 0.4) is 0 Å². The average Bonchev–Trinajstić information content (AvgIpc) is 2.59. The zero-order valence-electron chi connectivity index (χ0n) is 8.18. The molecule has 1 atom stereocenters. The molecule has 0 aromatic rings. The van der Waals surface area contributed by atoms with Gasteiger partial charge in [-0.15, -0.1) is 6.58 Å². The first-order valence-corrected chi connectivity index (χ1v) is 5.24. The molecule has 1 unspecified atom stereocenters. The first-order valence-electron chi connectivity index (χ1n) is 5.24. The Morgan fingerprint density at radius 3 is 2.67 bits per heavy atom. The van der Waals surface area contributed by atoms with Gasteiger partial charge < -0.3 is 5.32 Å². The van der Waals surface area contributed by atoms with Crippen LogP contribution in [0.4, 0.5) is 0 Å². The van der Waals surface area contributed by atoms with Crippen LogP contribution >= 0.6 is 0 Å². The van der Waals surface area contributed by atoms with Crippen LogP contribution in [0.1, 0.15) is 39.0 Å². The van der Waals surface area contributed by atoms with Gasteiger partial charge >= 0.3 is 0 Å². The smallest absolute Gasteiger partial charge is 0.0275 e. The largest absolute Gasteiger partial charge is 0.310 e. The minimum absolute atomic E-state index is 0.576. The maximum Gasteiger partial charge on any atom is 0.0275 e. The van der Waals surface area contributed by atoms with Crippen molar-refractivity contribution in [3.8, 4) is 0 Å². The molecule has 0 amide bonds. The van der Waals surface area contributed by atoms with Gasteiger partial charge in [0.2, 0.25) is 0 Å². The minimum atomic E-state index is 0.576. The summed E-state index contributed by atoms with van der Waals surface area (Å²) in [6.07, 6.45) is 8.94. The van der Waals surface area contributed by atoms with Crippen molar-refractivity contribution in [3.05, 3.63) is 12.7 Å². The highest BCUT2D eigenvalue weighted by Crippen LogP contribution is 2.27. The van der Waals surface area contributed by atoms with Gasteiger partial charge in [0.1, 0.15) is 0 Å². The quantitative estimate of drug-likeness (QED) is 0.621. The number of rotatable bonds is 5. The van der Waals surface area contributed by atoms with Crippen molar-refractivity contribution in [3.63, 3.8) is 0 Å². The lowest BCUT2D eigenvalue weighted by Gasteiger charge is -2.20. The van der Waals surface area contributed by atoms with Crippen LogP contribution in [0.5, 0.6) is 0 Å². The molecule has 1 aliphatic rings. The lowest BCUT2D eigenvalue weighted by molar-refractivity contribution is 0.415. The molecule has 0 bridgehead atoms.